The molecule has 0 aliphatic heterocycles. The highest BCUT2D eigenvalue weighted by Crippen LogP contribution is 2.33. The van der Waals surface area contributed by atoms with Crippen LogP contribution in [0.25, 0.3) is 22.3 Å². The molecule has 3 N–H and O–H groups in total. The zero-order valence-corrected chi connectivity index (χ0v) is 15.1. The number of nitrogens with one attached hydrogen (secondary N) is 1. The van der Waals surface area contributed by atoms with Gasteiger partial charge in [0.25, 0.3) is 0 Å². The number of hydrogen-bond acceptors (Lipinski definition) is 2. The van der Waals surface area contributed by atoms with Gasteiger partial charge >= 0.3 is 0 Å². The Bertz CT molecular complexity index is 967. The number of para-hydroxylation sites is 2. The predicted octanol–water partition coefficient (Wildman–Crippen LogP) is 6.21. The number of anilines is 2. The minimum absolute atomic E-state index is 0.698. The molecule has 27 heavy (non-hydrogen) atoms. The maximum atomic E-state index is 6.12. The summed E-state index contributed by atoms with van der Waals surface area (Å²) >= 11 is 0. The summed E-state index contributed by atoms with van der Waals surface area (Å²) < 4.78 is 0. The fourth-order valence-electron chi connectivity index (χ4n) is 3.40. The molecule has 0 spiro atoms. The quantitative estimate of drug-likeness (QED) is 0.420. The van der Waals surface area contributed by atoms with E-state index >= 15 is 0 Å². The van der Waals surface area contributed by atoms with Crippen LogP contribution in [0.15, 0.2) is 103 Å². The lowest BCUT2D eigenvalue weighted by molar-refractivity contribution is 1.15. The van der Waals surface area contributed by atoms with E-state index in [2.05, 4.69) is 72.0 Å². The van der Waals surface area contributed by atoms with Crippen molar-refractivity contribution in [1.29, 1.82) is 0 Å². The molecule has 0 saturated heterocycles. The van der Waals surface area contributed by atoms with Gasteiger partial charge in [0, 0.05) is 6.54 Å². The van der Waals surface area contributed by atoms with Gasteiger partial charge in [-0.25, -0.2) is 0 Å². The van der Waals surface area contributed by atoms with Crippen molar-refractivity contribution in [2.75, 3.05) is 11.1 Å². The smallest absolute Gasteiger partial charge is 0.0576 e. The number of nitrogen functional groups attached to an aromatic ring is 1. The van der Waals surface area contributed by atoms with E-state index in [-0.39, 0.29) is 0 Å². The Morgan fingerprint density at radius 2 is 1.07 bits per heavy atom. The van der Waals surface area contributed by atoms with Gasteiger partial charge in [-0.2, -0.15) is 0 Å². The lowest BCUT2D eigenvalue weighted by Crippen LogP contribution is -2.05. The van der Waals surface area contributed by atoms with Crippen LogP contribution in [0.2, 0.25) is 0 Å². The van der Waals surface area contributed by atoms with Crippen LogP contribution in [0.5, 0.6) is 0 Å². The average molecular weight is 350 g/mol. The molecular formula is C25H22N2. The largest absolute Gasteiger partial charge is 0.397 e. The third kappa shape index (κ3) is 3.70. The summed E-state index contributed by atoms with van der Waals surface area (Å²) in [5, 5.41) is 3.52. The molecule has 0 aromatic heterocycles. The first-order valence-corrected chi connectivity index (χ1v) is 9.14. The highest BCUT2D eigenvalue weighted by atomic mass is 14.9. The van der Waals surface area contributed by atoms with Crippen molar-refractivity contribution >= 4 is 11.4 Å². The molecule has 4 aromatic carbocycles. The predicted molar refractivity (Wildman–Crippen MR) is 115 cm³/mol. The van der Waals surface area contributed by atoms with Crippen LogP contribution in [0.1, 0.15) is 5.56 Å². The van der Waals surface area contributed by atoms with Crippen LogP contribution >= 0.6 is 0 Å². The fraction of sp³-hybridized carbons (Fsp3) is 0.0400. The summed E-state index contributed by atoms with van der Waals surface area (Å²) in [6.07, 6.45) is 0. The lowest BCUT2D eigenvalue weighted by atomic mass is 9.91. The van der Waals surface area contributed by atoms with E-state index in [0.29, 0.717) is 6.54 Å². The van der Waals surface area contributed by atoms with Crippen molar-refractivity contribution in [3.63, 3.8) is 0 Å². The molecule has 0 bridgehead atoms. The van der Waals surface area contributed by atoms with Gasteiger partial charge in [0.05, 0.1) is 11.4 Å². The van der Waals surface area contributed by atoms with E-state index in [1.165, 1.54) is 27.8 Å². The minimum Gasteiger partial charge on any atom is -0.397 e. The monoisotopic (exact) mass is 350 g/mol. The minimum atomic E-state index is 0.698. The van der Waals surface area contributed by atoms with Crippen molar-refractivity contribution in [3.8, 4) is 22.3 Å². The molecule has 0 aliphatic carbocycles. The second kappa shape index (κ2) is 7.79. The highest BCUT2D eigenvalue weighted by molar-refractivity contribution is 5.79. The topological polar surface area (TPSA) is 38.0 Å². The molecule has 2 heteroatoms. The van der Waals surface area contributed by atoms with Crippen LogP contribution in [0.3, 0.4) is 0 Å². The Balaban J connectivity index is 1.80. The summed E-state index contributed by atoms with van der Waals surface area (Å²) in [6, 6.07) is 35.4. The first-order valence-electron chi connectivity index (χ1n) is 9.14. The maximum absolute atomic E-state index is 6.12. The van der Waals surface area contributed by atoms with Gasteiger partial charge in [-0.3, -0.25) is 0 Å². The zero-order chi connectivity index (χ0) is 18.5. The molecule has 0 amide bonds. The van der Waals surface area contributed by atoms with Crippen LogP contribution in [0.4, 0.5) is 11.4 Å². The lowest BCUT2D eigenvalue weighted by Gasteiger charge is -2.17. The molecule has 0 heterocycles. The number of nitrogens with two attached hydrogens (primary N) is 1. The van der Waals surface area contributed by atoms with Crippen LogP contribution in [-0.4, -0.2) is 0 Å². The normalized spacial score (nSPS) is 10.5. The van der Waals surface area contributed by atoms with E-state index in [1.807, 2.05) is 36.4 Å². The fourth-order valence-corrected chi connectivity index (χ4v) is 3.40. The van der Waals surface area contributed by atoms with Gasteiger partial charge in [-0.1, -0.05) is 91.0 Å². The molecular weight excluding hydrogens is 328 g/mol. The molecule has 0 saturated carbocycles. The van der Waals surface area contributed by atoms with Gasteiger partial charge < -0.3 is 11.1 Å². The SMILES string of the molecule is Nc1ccccc1NCc1c(-c2ccccc2)cccc1-c1ccccc1. The summed E-state index contributed by atoms with van der Waals surface area (Å²) in [6.45, 7) is 0.698. The van der Waals surface area contributed by atoms with Crippen molar-refractivity contribution in [2.24, 2.45) is 0 Å². The van der Waals surface area contributed by atoms with Gasteiger partial charge in [0.2, 0.25) is 0 Å². The van der Waals surface area contributed by atoms with Gasteiger partial charge in [-0.15, -0.1) is 0 Å². The van der Waals surface area contributed by atoms with Crippen molar-refractivity contribution in [1.82, 2.24) is 0 Å². The molecule has 0 fully saturated rings. The molecule has 2 nitrogen and oxygen atoms in total. The summed E-state index contributed by atoms with van der Waals surface area (Å²) in [4.78, 5) is 0. The van der Waals surface area contributed by atoms with Gasteiger partial charge in [-0.05, 0) is 39.9 Å². The second-order valence-corrected chi connectivity index (χ2v) is 6.50. The zero-order valence-electron chi connectivity index (χ0n) is 15.1. The Morgan fingerprint density at radius 3 is 1.63 bits per heavy atom. The van der Waals surface area contributed by atoms with E-state index in [9.17, 15) is 0 Å². The first kappa shape index (κ1) is 16.9. The number of hydrogen-bond donors (Lipinski definition) is 2. The second-order valence-electron chi connectivity index (χ2n) is 6.50. The van der Waals surface area contributed by atoms with Crippen LogP contribution < -0.4 is 11.1 Å². The van der Waals surface area contributed by atoms with Crippen LogP contribution in [-0.2, 0) is 6.54 Å². The molecule has 0 radical (unpaired) electrons. The molecule has 0 atom stereocenters. The summed E-state index contributed by atoms with van der Waals surface area (Å²) in [5.41, 5.74) is 14.0. The molecule has 0 unspecified atom stereocenters. The molecule has 4 rings (SSSR count). The number of benzene rings is 4. The molecule has 0 aliphatic rings. The van der Waals surface area contributed by atoms with E-state index in [1.54, 1.807) is 0 Å². The van der Waals surface area contributed by atoms with Crippen molar-refractivity contribution in [2.45, 2.75) is 6.54 Å². The Labute approximate surface area is 160 Å². The molecule has 4 aromatic rings. The summed E-state index contributed by atoms with van der Waals surface area (Å²) in [7, 11) is 0. The van der Waals surface area contributed by atoms with Crippen LogP contribution in [0, 0.1) is 0 Å². The standard InChI is InChI=1S/C25H22N2/c26-24-16-7-8-17-25(24)27-18-23-21(19-10-3-1-4-11-19)14-9-15-22(23)20-12-5-2-6-13-20/h1-17,27H,18,26H2. The van der Waals surface area contributed by atoms with E-state index in [4.69, 9.17) is 5.73 Å². The average Bonchev–Trinajstić information content (AvgIpc) is 2.74. The highest BCUT2D eigenvalue weighted by Gasteiger charge is 2.12. The van der Waals surface area contributed by atoms with Crippen molar-refractivity contribution in [3.05, 3.63) is 109 Å². The number of rotatable bonds is 5. The Hall–Kier alpha value is -3.52. The molecule has 132 valence electrons. The van der Waals surface area contributed by atoms with E-state index < -0.39 is 0 Å². The van der Waals surface area contributed by atoms with Gasteiger partial charge in [0.15, 0.2) is 0 Å². The third-order valence-corrected chi connectivity index (χ3v) is 4.76. The van der Waals surface area contributed by atoms with Crippen molar-refractivity contribution < 1.29 is 0 Å². The summed E-state index contributed by atoms with van der Waals surface area (Å²) in [5.74, 6) is 0. The van der Waals surface area contributed by atoms with E-state index in [0.717, 1.165) is 11.4 Å². The van der Waals surface area contributed by atoms with Gasteiger partial charge in [0.1, 0.15) is 0 Å². The Morgan fingerprint density at radius 1 is 0.556 bits per heavy atom. The third-order valence-electron chi connectivity index (χ3n) is 4.76. The Kier molecular flexibility index (Phi) is 4.88. The maximum Gasteiger partial charge on any atom is 0.0576 e. The first-order chi connectivity index (χ1) is 13.3.